The van der Waals surface area contributed by atoms with E-state index in [1.54, 1.807) is 0 Å². The number of hydrogen-bond donors (Lipinski definition) is 0. The molecule has 5 heteroatoms. The summed E-state index contributed by atoms with van der Waals surface area (Å²) in [5, 5.41) is 0. The van der Waals surface area contributed by atoms with E-state index in [-0.39, 0.29) is 48.4 Å². The Kier molecular flexibility index (Phi) is 122. The smallest absolute Gasteiger partial charge is 0 e. The van der Waals surface area contributed by atoms with Crippen molar-refractivity contribution >= 4 is 9.90 Å². The van der Waals surface area contributed by atoms with Gasteiger partial charge in [0.25, 0.3) is 0 Å². The Labute approximate surface area is 73.4 Å². The normalized spacial score (nSPS) is 1.33. The average Bonchev–Trinajstić information content (AvgIpc) is 0.918. The van der Waals surface area contributed by atoms with Crippen LogP contribution in [0.5, 0.6) is 0 Å². The molecule has 0 aliphatic rings. The molecule has 0 amide bonds. The van der Waals surface area contributed by atoms with Crippen molar-refractivity contribution in [3.05, 3.63) is 0 Å². The fraction of sp³-hybridized carbons (Fsp3) is 1.00. The van der Waals surface area contributed by atoms with Crippen LogP contribution >= 0.6 is 9.90 Å². The van der Waals surface area contributed by atoms with Gasteiger partial charge in [0.15, 0.2) is 0 Å². The molecule has 0 bridgehead atoms. The summed E-state index contributed by atoms with van der Waals surface area (Å²) in [5.41, 5.74) is 0. The Morgan fingerprint density at radius 3 is 1.17 bits per heavy atom. The summed E-state index contributed by atoms with van der Waals surface area (Å²) in [4.78, 5) is 0. The van der Waals surface area contributed by atoms with Crippen LogP contribution in [0.25, 0.3) is 0 Å². The molecule has 0 fully saturated rings. The maximum absolute atomic E-state index is 8.50. The van der Waals surface area contributed by atoms with Gasteiger partial charge >= 0.3 is 25.7 Å². The molecule has 1 unspecified atom stereocenters. The molecule has 0 radical (unpaired) electrons. The van der Waals surface area contributed by atoms with E-state index in [2.05, 4.69) is 0 Å². The van der Waals surface area contributed by atoms with E-state index >= 15 is 0 Å². The van der Waals surface area contributed by atoms with Crippen LogP contribution in [0.4, 0.5) is 0 Å². The summed E-state index contributed by atoms with van der Waals surface area (Å²) in [5.74, 6) is 0. The first-order valence-corrected chi connectivity index (χ1v) is 1.68. The van der Waals surface area contributed by atoms with Crippen LogP contribution in [0.2, 0.25) is 0 Å². The largest absolute Gasteiger partial charge is 0 e. The summed E-state index contributed by atoms with van der Waals surface area (Å²) < 4.78 is 17.0. The van der Waals surface area contributed by atoms with Gasteiger partial charge < -0.3 is 0 Å². The van der Waals surface area contributed by atoms with Crippen molar-refractivity contribution in [2.75, 3.05) is 0 Å². The predicted octanol–water partition coefficient (Wildman–Crippen LogP) is 0.454. The SMILES string of the molecule is C.P.[O]=[Ti]=[O].[U]. The zero-order valence-corrected chi connectivity index (χ0v) is 9.66. The number of rotatable bonds is 0. The summed E-state index contributed by atoms with van der Waals surface area (Å²) in [6, 6.07) is 0. The Bertz CT molecular complexity index is 34.5. The Morgan fingerprint density at radius 1 is 1.17 bits per heavy atom. The standard InChI is InChI=1S/CH4.2O.H3P.Ti.U/h1H4;;;1H3;;. The quantitative estimate of drug-likeness (QED) is 0.460. The average molecular weight is 368 g/mol. The van der Waals surface area contributed by atoms with E-state index in [1.165, 1.54) is 0 Å². The maximum Gasteiger partial charge on any atom is 0 e. The minimum absolute atomic E-state index is 0. The van der Waals surface area contributed by atoms with Crippen molar-refractivity contribution < 1.29 is 56.9 Å². The van der Waals surface area contributed by atoms with Crippen LogP contribution < -0.4 is 0 Å². The van der Waals surface area contributed by atoms with Crippen LogP contribution in [0.3, 0.4) is 0 Å². The van der Waals surface area contributed by atoms with Crippen molar-refractivity contribution in [2.24, 2.45) is 0 Å². The van der Waals surface area contributed by atoms with Crippen molar-refractivity contribution in [2.45, 2.75) is 7.43 Å². The summed E-state index contributed by atoms with van der Waals surface area (Å²) >= 11 is -2.00. The first kappa shape index (κ1) is 25.0. The van der Waals surface area contributed by atoms with Gasteiger partial charge in [0.2, 0.25) is 0 Å². The van der Waals surface area contributed by atoms with Crippen molar-refractivity contribution in [3.63, 3.8) is 0 Å². The third kappa shape index (κ3) is 41.3. The first-order chi connectivity index (χ1) is 1.41. The van der Waals surface area contributed by atoms with Crippen LogP contribution in [0, 0.1) is 31.1 Å². The summed E-state index contributed by atoms with van der Waals surface area (Å²) in [6.07, 6.45) is 0. The maximum atomic E-state index is 8.50. The van der Waals surface area contributed by atoms with Gasteiger partial charge in [-0.3, -0.25) is 0 Å². The molecule has 0 aliphatic heterocycles. The van der Waals surface area contributed by atoms with Gasteiger partial charge in [0.05, 0.1) is 0 Å². The molecule has 36 valence electrons. The third-order valence-corrected chi connectivity index (χ3v) is 0. The van der Waals surface area contributed by atoms with Crippen molar-refractivity contribution in [1.29, 1.82) is 0 Å². The zero-order valence-electron chi connectivity index (χ0n) is 2.52. The first-order valence-electron chi connectivity index (χ1n) is 0.408. The second-order valence-electron chi connectivity index (χ2n) is 0.0833. The fourth-order valence-electron chi connectivity index (χ4n) is 0. The third-order valence-electron chi connectivity index (χ3n) is 0. The second kappa shape index (κ2) is 29.2. The van der Waals surface area contributed by atoms with Gasteiger partial charge in [-0.1, -0.05) is 7.43 Å². The van der Waals surface area contributed by atoms with E-state index < -0.39 is 19.1 Å². The second-order valence-corrected chi connectivity index (χ2v) is 0.344. The number of hydrogen-bond acceptors (Lipinski definition) is 2. The van der Waals surface area contributed by atoms with Crippen molar-refractivity contribution in [1.82, 2.24) is 0 Å². The topological polar surface area (TPSA) is 34.1 Å². The van der Waals surface area contributed by atoms with E-state index in [0.717, 1.165) is 0 Å². The van der Waals surface area contributed by atoms with Gasteiger partial charge in [0, 0.05) is 31.1 Å². The molecule has 0 aliphatic carbocycles. The van der Waals surface area contributed by atoms with E-state index in [4.69, 9.17) is 6.65 Å². The van der Waals surface area contributed by atoms with Crippen molar-refractivity contribution in [3.8, 4) is 0 Å². The molecule has 2 nitrogen and oxygen atoms in total. The molecule has 0 aromatic carbocycles. The minimum Gasteiger partial charge on any atom is 0 e. The van der Waals surface area contributed by atoms with Gasteiger partial charge in [-0.15, -0.1) is 0 Å². The molecule has 0 aromatic heterocycles. The van der Waals surface area contributed by atoms with Crippen LogP contribution in [-0.2, 0) is 25.7 Å². The van der Waals surface area contributed by atoms with Crippen LogP contribution in [0.1, 0.15) is 7.43 Å². The minimum atomic E-state index is -2.00. The molecule has 0 saturated heterocycles. The van der Waals surface area contributed by atoms with Crippen LogP contribution in [-0.4, -0.2) is 0 Å². The van der Waals surface area contributed by atoms with Gasteiger partial charge in [-0.05, 0) is 0 Å². The van der Waals surface area contributed by atoms with E-state index in [0.29, 0.717) is 0 Å². The predicted molar refractivity (Wildman–Crippen MR) is 19.2 cm³/mol. The molecule has 0 rings (SSSR count). The molecule has 0 N–H and O–H groups in total. The van der Waals surface area contributed by atoms with Gasteiger partial charge in [0.1, 0.15) is 0 Å². The molecule has 0 heterocycles. The molecule has 0 saturated carbocycles. The van der Waals surface area contributed by atoms with Gasteiger partial charge in [-0.2, -0.15) is 9.90 Å². The van der Waals surface area contributed by atoms with E-state index in [9.17, 15) is 0 Å². The molecule has 0 spiro atoms. The molecular weight excluding hydrogens is 361 g/mol. The summed E-state index contributed by atoms with van der Waals surface area (Å²) in [7, 11) is 0. The molecule has 1 atom stereocenters. The Morgan fingerprint density at radius 2 is 1.17 bits per heavy atom. The summed E-state index contributed by atoms with van der Waals surface area (Å²) in [6.45, 7) is 0. The van der Waals surface area contributed by atoms with E-state index in [1.807, 2.05) is 0 Å². The molecule has 6 heavy (non-hydrogen) atoms. The van der Waals surface area contributed by atoms with Crippen LogP contribution in [0.15, 0.2) is 0 Å². The van der Waals surface area contributed by atoms with Gasteiger partial charge in [-0.25, -0.2) is 0 Å². The fourth-order valence-corrected chi connectivity index (χ4v) is 0. The Hall–Kier alpha value is 1.80. The monoisotopic (exact) mass is 368 g/mol. The Balaban J connectivity index is -0.00000000667. The zero-order chi connectivity index (χ0) is 2.71. The molecular formula is CH7O2PTiU. The molecule has 0 aromatic rings.